The summed E-state index contributed by atoms with van der Waals surface area (Å²) in [6.07, 6.45) is 1.31. The van der Waals surface area contributed by atoms with Gasteiger partial charge in [-0.05, 0) is 36.1 Å². The maximum Gasteiger partial charge on any atom is 0.222 e. The Morgan fingerprint density at radius 1 is 1.21 bits per heavy atom. The molecule has 3 rings (SSSR count). The van der Waals surface area contributed by atoms with Crippen LogP contribution in [0.1, 0.15) is 29.0 Å². The summed E-state index contributed by atoms with van der Waals surface area (Å²) >= 11 is 3.51. The van der Waals surface area contributed by atoms with Crippen LogP contribution in [0.3, 0.4) is 0 Å². The summed E-state index contributed by atoms with van der Waals surface area (Å²) in [5, 5.41) is 0. The first-order chi connectivity index (χ1) is 11.5. The minimum atomic E-state index is 0.0197. The summed E-state index contributed by atoms with van der Waals surface area (Å²) < 4.78 is 1.11. The smallest absolute Gasteiger partial charge is 0.222 e. The maximum absolute atomic E-state index is 12.6. The Hall–Kier alpha value is -1.65. The molecule has 1 amide bonds. The predicted octanol–water partition coefficient (Wildman–Crippen LogP) is 3.64. The molecule has 1 aliphatic heterocycles. The highest BCUT2D eigenvalue weighted by Crippen LogP contribution is 2.27. The maximum atomic E-state index is 12.6. The van der Waals surface area contributed by atoms with E-state index in [2.05, 4.69) is 47.1 Å². The monoisotopic (exact) mass is 386 g/mol. The van der Waals surface area contributed by atoms with Gasteiger partial charge in [-0.25, -0.2) is 0 Å². The van der Waals surface area contributed by atoms with E-state index in [0.29, 0.717) is 13.0 Å². The molecule has 0 aliphatic carbocycles. The van der Waals surface area contributed by atoms with Crippen LogP contribution in [0, 0.1) is 6.92 Å². The van der Waals surface area contributed by atoms with E-state index >= 15 is 0 Å². The number of carbonyl (C=O) groups is 1. The average Bonchev–Trinajstić information content (AvgIpc) is 2.98. The number of hydrogen-bond donors (Lipinski definition) is 1. The van der Waals surface area contributed by atoms with Crippen molar-refractivity contribution in [1.29, 1.82) is 0 Å². The van der Waals surface area contributed by atoms with Gasteiger partial charge in [0.2, 0.25) is 5.91 Å². The van der Waals surface area contributed by atoms with Crippen molar-refractivity contribution >= 4 is 21.8 Å². The van der Waals surface area contributed by atoms with E-state index < -0.39 is 0 Å². The van der Waals surface area contributed by atoms with Crippen molar-refractivity contribution in [2.45, 2.75) is 31.7 Å². The molecule has 1 aliphatic rings. The van der Waals surface area contributed by atoms with Crippen LogP contribution >= 0.6 is 15.9 Å². The van der Waals surface area contributed by atoms with Gasteiger partial charge in [0, 0.05) is 35.9 Å². The lowest BCUT2D eigenvalue weighted by Gasteiger charge is -2.16. The Labute approximate surface area is 152 Å². The minimum absolute atomic E-state index is 0.0197. The summed E-state index contributed by atoms with van der Waals surface area (Å²) in [6, 6.07) is 16.6. The molecule has 1 saturated heterocycles. The van der Waals surface area contributed by atoms with Crippen LogP contribution in [-0.4, -0.2) is 29.9 Å². The highest BCUT2D eigenvalue weighted by molar-refractivity contribution is 9.10. The van der Waals surface area contributed by atoms with Crippen molar-refractivity contribution in [2.24, 2.45) is 5.73 Å². The third-order valence-corrected chi connectivity index (χ3v) is 5.69. The van der Waals surface area contributed by atoms with Crippen molar-refractivity contribution < 1.29 is 4.79 Å². The van der Waals surface area contributed by atoms with Crippen molar-refractivity contribution in [3.63, 3.8) is 0 Å². The molecule has 4 heteroatoms. The number of nitrogens with two attached hydrogens (primary N) is 1. The van der Waals surface area contributed by atoms with E-state index in [1.165, 1.54) is 16.7 Å². The molecule has 0 spiro atoms. The number of nitrogens with zero attached hydrogens (tertiary/aromatic N) is 1. The highest BCUT2D eigenvalue weighted by Gasteiger charge is 2.33. The van der Waals surface area contributed by atoms with E-state index in [0.717, 1.165) is 17.4 Å². The molecular weight excluding hydrogens is 364 g/mol. The van der Waals surface area contributed by atoms with Crippen molar-refractivity contribution in [3.05, 3.63) is 69.7 Å². The summed E-state index contributed by atoms with van der Waals surface area (Å²) in [5.41, 5.74) is 9.91. The number of rotatable bonds is 4. The lowest BCUT2D eigenvalue weighted by molar-refractivity contribution is -0.130. The number of hydrogen-bond acceptors (Lipinski definition) is 2. The van der Waals surface area contributed by atoms with Gasteiger partial charge in [0.25, 0.3) is 0 Å². The number of carbonyl (C=O) groups excluding carboxylic acids is 1. The van der Waals surface area contributed by atoms with Crippen molar-refractivity contribution in [2.75, 3.05) is 13.1 Å². The van der Waals surface area contributed by atoms with E-state index in [1.807, 2.05) is 29.2 Å². The normalized spacial score (nSPS) is 20.4. The number of benzene rings is 2. The van der Waals surface area contributed by atoms with Crippen LogP contribution in [0.25, 0.3) is 0 Å². The topological polar surface area (TPSA) is 46.3 Å². The summed E-state index contributed by atoms with van der Waals surface area (Å²) in [6.45, 7) is 3.44. The molecule has 0 saturated carbocycles. The molecule has 3 nitrogen and oxygen atoms in total. The SMILES string of the molecule is Cc1cc(CCC(=O)N2C[C@@H](N)[C@H](c3ccccc3)C2)ccc1Br. The van der Waals surface area contributed by atoms with Crippen LogP contribution in [0.4, 0.5) is 0 Å². The second-order valence-corrected chi connectivity index (χ2v) is 7.42. The lowest BCUT2D eigenvalue weighted by Crippen LogP contribution is -2.32. The Morgan fingerprint density at radius 2 is 1.96 bits per heavy atom. The summed E-state index contributed by atoms with van der Waals surface area (Å²) in [4.78, 5) is 14.5. The zero-order chi connectivity index (χ0) is 17.1. The molecule has 0 unspecified atom stereocenters. The Morgan fingerprint density at radius 3 is 2.67 bits per heavy atom. The summed E-state index contributed by atoms with van der Waals surface area (Å²) in [7, 11) is 0. The molecule has 1 heterocycles. The van der Waals surface area contributed by atoms with Gasteiger partial charge in [0.1, 0.15) is 0 Å². The van der Waals surface area contributed by atoms with Crippen LogP contribution in [0.5, 0.6) is 0 Å². The van der Waals surface area contributed by atoms with Gasteiger partial charge >= 0.3 is 0 Å². The third-order valence-electron chi connectivity index (χ3n) is 4.80. The molecular formula is C20H23BrN2O. The Kier molecular flexibility index (Phi) is 5.36. The first kappa shape index (κ1) is 17.2. The summed E-state index contributed by atoms with van der Waals surface area (Å²) in [5.74, 6) is 0.439. The average molecular weight is 387 g/mol. The third kappa shape index (κ3) is 3.87. The molecule has 126 valence electrons. The first-order valence-corrected chi connectivity index (χ1v) is 9.17. The number of amides is 1. The predicted molar refractivity (Wildman–Crippen MR) is 101 cm³/mol. The molecule has 24 heavy (non-hydrogen) atoms. The van der Waals surface area contributed by atoms with Gasteiger partial charge in [-0.15, -0.1) is 0 Å². The molecule has 0 aromatic heterocycles. The fraction of sp³-hybridized carbons (Fsp3) is 0.350. The van der Waals surface area contributed by atoms with Crippen LogP contribution in [0.2, 0.25) is 0 Å². The Balaban J connectivity index is 1.59. The highest BCUT2D eigenvalue weighted by atomic mass is 79.9. The number of halogens is 1. The van der Waals surface area contributed by atoms with E-state index in [1.54, 1.807) is 0 Å². The van der Waals surface area contributed by atoms with Crippen LogP contribution in [-0.2, 0) is 11.2 Å². The van der Waals surface area contributed by atoms with Gasteiger partial charge < -0.3 is 10.6 Å². The zero-order valence-electron chi connectivity index (χ0n) is 13.9. The molecule has 1 fully saturated rings. The molecule has 2 aromatic carbocycles. The van der Waals surface area contributed by atoms with Gasteiger partial charge in [-0.2, -0.15) is 0 Å². The fourth-order valence-corrected chi connectivity index (χ4v) is 3.60. The lowest BCUT2D eigenvalue weighted by atomic mass is 9.95. The Bertz CT molecular complexity index is 717. The minimum Gasteiger partial charge on any atom is -0.340 e. The van der Waals surface area contributed by atoms with Gasteiger partial charge in [0.05, 0.1) is 0 Å². The fourth-order valence-electron chi connectivity index (χ4n) is 3.36. The largest absolute Gasteiger partial charge is 0.340 e. The molecule has 2 atom stereocenters. The second-order valence-electron chi connectivity index (χ2n) is 6.56. The van der Waals surface area contributed by atoms with Crippen molar-refractivity contribution in [3.8, 4) is 0 Å². The zero-order valence-corrected chi connectivity index (χ0v) is 15.5. The standard InChI is InChI=1S/C20H23BrN2O/c1-14-11-15(7-9-18(14)21)8-10-20(24)23-12-17(19(22)13-23)16-5-3-2-4-6-16/h2-7,9,11,17,19H,8,10,12-13,22H2,1H3/t17-,19+/m0/s1. The van der Waals surface area contributed by atoms with E-state index in [9.17, 15) is 4.79 Å². The molecule has 0 bridgehead atoms. The van der Waals surface area contributed by atoms with Crippen molar-refractivity contribution in [1.82, 2.24) is 4.90 Å². The number of aryl methyl sites for hydroxylation is 2. The first-order valence-electron chi connectivity index (χ1n) is 8.38. The molecule has 2 N–H and O–H groups in total. The quantitative estimate of drug-likeness (QED) is 0.871. The van der Waals surface area contributed by atoms with E-state index in [-0.39, 0.29) is 17.9 Å². The van der Waals surface area contributed by atoms with Gasteiger partial charge in [-0.3, -0.25) is 4.79 Å². The molecule has 0 radical (unpaired) electrons. The van der Waals surface area contributed by atoms with E-state index in [4.69, 9.17) is 5.73 Å². The molecule has 2 aromatic rings. The van der Waals surface area contributed by atoms with Gasteiger partial charge in [0.15, 0.2) is 0 Å². The van der Waals surface area contributed by atoms with Gasteiger partial charge in [-0.1, -0.05) is 58.4 Å². The number of likely N-dealkylation sites (tertiary alicyclic amines) is 1. The second kappa shape index (κ2) is 7.49. The van der Waals surface area contributed by atoms with Crippen LogP contribution in [0.15, 0.2) is 53.0 Å². The van der Waals surface area contributed by atoms with Crippen LogP contribution < -0.4 is 5.73 Å².